The van der Waals surface area contributed by atoms with Crippen molar-refractivity contribution in [2.45, 2.75) is 124 Å². The van der Waals surface area contributed by atoms with Crippen molar-refractivity contribution < 1.29 is 10.2 Å². The Labute approximate surface area is 192 Å². The smallest absolute Gasteiger partial charge is 0.0751 e. The average Bonchev–Trinajstić information content (AvgIpc) is 3.07. The molecular formula is C29H50O2. The maximum atomic E-state index is 12.3. The SMILES string of the molecule is CC[C@H](CC[C@@H](C)[C@H]1CC[C@@H]2[C@]1(C)CC[C@H]1[C@@]2(O)CC=C2CC(O)CC[C@@]21C)C(C)C. The fraction of sp³-hybridized carbons (Fsp3) is 0.931. The lowest BCUT2D eigenvalue weighted by molar-refractivity contribution is -0.182. The van der Waals surface area contributed by atoms with Crippen LogP contribution in [0.4, 0.5) is 0 Å². The predicted molar refractivity (Wildman–Crippen MR) is 130 cm³/mol. The van der Waals surface area contributed by atoms with E-state index < -0.39 is 5.60 Å². The highest BCUT2D eigenvalue weighted by atomic mass is 16.3. The maximum Gasteiger partial charge on any atom is 0.0751 e. The van der Waals surface area contributed by atoms with E-state index in [1.807, 2.05) is 0 Å². The lowest BCUT2D eigenvalue weighted by Crippen LogP contribution is -2.61. The lowest BCUT2D eigenvalue weighted by atomic mass is 9.45. The second-order valence-corrected chi connectivity index (χ2v) is 13.0. The largest absolute Gasteiger partial charge is 0.393 e. The van der Waals surface area contributed by atoms with Crippen LogP contribution in [0.2, 0.25) is 0 Å². The van der Waals surface area contributed by atoms with Crippen LogP contribution in [0.15, 0.2) is 11.6 Å². The Kier molecular flexibility index (Phi) is 6.50. The van der Waals surface area contributed by atoms with E-state index in [4.69, 9.17) is 0 Å². The first-order valence-corrected chi connectivity index (χ1v) is 13.7. The van der Waals surface area contributed by atoms with Crippen molar-refractivity contribution in [2.75, 3.05) is 0 Å². The molecule has 2 heteroatoms. The van der Waals surface area contributed by atoms with Gasteiger partial charge >= 0.3 is 0 Å². The van der Waals surface area contributed by atoms with Crippen LogP contribution < -0.4 is 0 Å². The van der Waals surface area contributed by atoms with Crippen LogP contribution in [0.25, 0.3) is 0 Å². The molecule has 2 N–H and O–H groups in total. The number of hydrogen-bond donors (Lipinski definition) is 2. The Morgan fingerprint density at radius 3 is 2.42 bits per heavy atom. The number of aliphatic hydroxyl groups excluding tert-OH is 1. The van der Waals surface area contributed by atoms with Crippen molar-refractivity contribution in [1.82, 2.24) is 0 Å². The molecule has 0 aliphatic heterocycles. The minimum absolute atomic E-state index is 0.100. The Morgan fingerprint density at radius 1 is 1.00 bits per heavy atom. The van der Waals surface area contributed by atoms with E-state index >= 15 is 0 Å². The van der Waals surface area contributed by atoms with Crippen molar-refractivity contribution in [2.24, 2.45) is 46.3 Å². The van der Waals surface area contributed by atoms with E-state index in [-0.39, 0.29) is 11.5 Å². The topological polar surface area (TPSA) is 40.5 Å². The van der Waals surface area contributed by atoms with Crippen LogP contribution in [0, 0.1) is 46.3 Å². The van der Waals surface area contributed by atoms with Gasteiger partial charge in [-0.1, -0.05) is 66.0 Å². The zero-order valence-corrected chi connectivity index (χ0v) is 21.3. The van der Waals surface area contributed by atoms with Crippen molar-refractivity contribution in [1.29, 1.82) is 0 Å². The van der Waals surface area contributed by atoms with Gasteiger partial charge in [0.2, 0.25) is 0 Å². The van der Waals surface area contributed by atoms with Gasteiger partial charge in [-0.05, 0) is 104 Å². The Morgan fingerprint density at radius 2 is 1.74 bits per heavy atom. The Balaban J connectivity index is 1.53. The molecule has 31 heavy (non-hydrogen) atoms. The zero-order valence-electron chi connectivity index (χ0n) is 21.3. The molecular weight excluding hydrogens is 380 g/mol. The summed E-state index contributed by atoms with van der Waals surface area (Å²) < 4.78 is 0. The summed E-state index contributed by atoms with van der Waals surface area (Å²) >= 11 is 0. The number of aliphatic hydroxyl groups is 2. The first-order valence-electron chi connectivity index (χ1n) is 13.7. The Hall–Kier alpha value is -0.340. The van der Waals surface area contributed by atoms with Gasteiger partial charge in [-0.25, -0.2) is 0 Å². The average molecular weight is 431 g/mol. The molecule has 0 amide bonds. The van der Waals surface area contributed by atoms with Crippen LogP contribution >= 0.6 is 0 Å². The maximum absolute atomic E-state index is 12.3. The van der Waals surface area contributed by atoms with Gasteiger partial charge in [0.1, 0.15) is 0 Å². The molecule has 3 fully saturated rings. The number of fused-ring (bicyclic) bond motifs is 5. The molecule has 9 atom stereocenters. The minimum atomic E-state index is -0.536. The number of hydrogen-bond acceptors (Lipinski definition) is 2. The second-order valence-electron chi connectivity index (χ2n) is 13.0. The summed E-state index contributed by atoms with van der Waals surface area (Å²) in [4.78, 5) is 0. The van der Waals surface area contributed by atoms with E-state index in [0.29, 0.717) is 17.3 Å². The summed E-state index contributed by atoms with van der Waals surface area (Å²) in [6.07, 6.45) is 14.8. The van der Waals surface area contributed by atoms with Gasteiger partial charge in [0, 0.05) is 0 Å². The van der Waals surface area contributed by atoms with Crippen LogP contribution in [-0.4, -0.2) is 21.9 Å². The molecule has 4 rings (SSSR count). The fourth-order valence-corrected chi connectivity index (χ4v) is 9.39. The molecule has 0 radical (unpaired) electrons. The standard InChI is InChI=1S/C29H50O2/c1-7-21(19(2)3)9-8-20(4)24-10-11-25-28(24,6)16-14-26-27(5)15-13-23(30)18-22(27)12-17-29(25,26)31/h12,19-21,23-26,30-31H,7-11,13-18H2,1-6H3/t20-,21-,23?,24-,25-,26-,27+,28-,29-/m1/s1. The molecule has 0 saturated heterocycles. The summed E-state index contributed by atoms with van der Waals surface area (Å²) in [5.74, 6) is 4.00. The van der Waals surface area contributed by atoms with Gasteiger partial charge in [0.25, 0.3) is 0 Å². The molecule has 0 spiro atoms. The molecule has 3 saturated carbocycles. The highest BCUT2D eigenvalue weighted by molar-refractivity contribution is 5.29. The normalized spacial score (nSPS) is 46.7. The molecule has 4 aliphatic carbocycles. The summed E-state index contributed by atoms with van der Waals surface area (Å²) in [7, 11) is 0. The predicted octanol–water partition coefficient (Wildman–Crippen LogP) is 7.14. The van der Waals surface area contributed by atoms with Gasteiger partial charge < -0.3 is 10.2 Å². The van der Waals surface area contributed by atoms with Crippen molar-refractivity contribution in [3.05, 3.63) is 11.6 Å². The monoisotopic (exact) mass is 430 g/mol. The third kappa shape index (κ3) is 3.76. The van der Waals surface area contributed by atoms with E-state index in [1.54, 1.807) is 0 Å². The molecule has 0 aromatic heterocycles. The molecule has 0 aromatic rings. The van der Waals surface area contributed by atoms with Crippen LogP contribution in [0.3, 0.4) is 0 Å². The van der Waals surface area contributed by atoms with E-state index in [9.17, 15) is 10.2 Å². The van der Waals surface area contributed by atoms with Crippen LogP contribution in [0.5, 0.6) is 0 Å². The van der Waals surface area contributed by atoms with Gasteiger partial charge in [0.15, 0.2) is 0 Å². The second kappa shape index (κ2) is 8.46. The van der Waals surface area contributed by atoms with Gasteiger partial charge in [-0.15, -0.1) is 0 Å². The molecule has 0 heterocycles. The third-order valence-corrected chi connectivity index (χ3v) is 11.4. The molecule has 1 unspecified atom stereocenters. The summed E-state index contributed by atoms with van der Waals surface area (Å²) in [6.45, 7) is 14.6. The van der Waals surface area contributed by atoms with Crippen LogP contribution in [0.1, 0.15) is 112 Å². The first-order chi connectivity index (χ1) is 14.6. The molecule has 0 aromatic carbocycles. The Bertz CT molecular complexity index is 682. The fourth-order valence-electron chi connectivity index (χ4n) is 9.39. The summed E-state index contributed by atoms with van der Waals surface area (Å²) in [6, 6.07) is 0. The van der Waals surface area contributed by atoms with Gasteiger partial charge in [-0.2, -0.15) is 0 Å². The van der Waals surface area contributed by atoms with E-state index in [1.165, 1.54) is 50.5 Å². The van der Waals surface area contributed by atoms with Gasteiger partial charge in [0.05, 0.1) is 11.7 Å². The third-order valence-electron chi connectivity index (χ3n) is 11.4. The highest BCUT2D eigenvalue weighted by Crippen LogP contribution is 2.68. The van der Waals surface area contributed by atoms with Crippen molar-refractivity contribution in [3.63, 3.8) is 0 Å². The number of rotatable bonds is 6. The van der Waals surface area contributed by atoms with Crippen molar-refractivity contribution in [3.8, 4) is 0 Å². The summed E-state index contributed by atoms with van der Waals surface area (Å²) in [5, 5.41) is 22.6. The molecule has 4 aliphatic rings. The van der Waals surface area contributed by atoms with E-state index in [2.05, 4.69) is 47.6 Å². The lowest BCUT2D eigenvalue weighted by Gasteiger charge is -2.62. The molecule has 0 bridgehead atoms. The summed E-state index contributed by atoms with van der Waals surface area (Å²) in [5.41, 5.74) is 1.31. The van der Waals surface area contributed by atoms with Gasteiger partial charge in [-0.3, -0.25) is 0 Å². The first kappa shape index (κ1) is 23.8. The molecule has 2 nitrogen and oxygen atoms in total. The minimum Gasteiger partial charge on any atom is -0.393 e. The quantitative estimate of drug-likeness (QED) is 0.440. The van der Waals surface area contributed by atoms with E-state index in [0.717, 1.165) is 49.4 Å². The van der Waals surface area contributed by atoms with Crippen molar-refractivity contribution >= 4 is 0 Å². The molecule has 178 valence electrons. The van der Waals surface area contributed by atoms with Crippen LogP contribution in [-0.2, 0) is 0 Å². The highest BCUT2D eigenvalue weighted by Gasteiger charge is 2.65. The zero-order chi connectivity index (χ0) is 22.6.